The summed E-state index contributed by atoms with van der Waals surface area (Å²) in [6, 6.07) is 7.11. The molecule has 0 spiro atoms. The molecule has 0 amide bonds. The van der Waals surface area contributed by atoms with Gasteiger partial charge in [-0.25, -0.2) is 18.2 Å². The number of hydrogen-bond donors (Lipinski definition) is 2. The van der Waals surface area contributed by atoms with Crippen LogP contribution in [0.3, 0.4) is 0 Å². The van der Waals surface area contributed by atoms with Gasteiger partial charge in [-0.1, -0.05) is 13.0 Å². The largest absolute Gasteiger partial charge is 0.391 e. The van der Waals surface area contributed by atoms with E-state index in [1.54, 1.807) is 12.4 Å². The molecule has 2 aromatic heterocycles. The highest BCUT2D eigenvalue weighted by atomic mass is 19.2. The van der Waals surface area contributed by atoms with Gasteiger partial charge in [0.15, 0.2) is 17.4 Å². The normalized spacial score (nSPS) is 22.8. The van der Waals surface area contributed by atoms with Crippen molar-refractivity contribution in [1.82, 2.24) is 9.97 Å². The molecule has 1 aliphatic rings. The average Bonchev–Trinajstić information content (AvgIpc) is 2.80. The SMILES string of the molecule is C[C@H]1C[C@@H](c2ccncc2CC(=O)c2ccc(F)c(-c3cccc(F)c3F)n2)C[C@@H](N)[C@@H]1O. The Balaban J connectivity index is 1.62. The van der Waals surface area contributed by atoms with E-state index in [0.717, 1.165) is 24.1 Å². The third-order valence-corrected chi connectivity index (χ3v) is 6.31. The van der Waals surface area contributed by atoms with E-state index >= 15 is 0 Å². The van der Waals surface area contributed by atoms with Gasteiger partial charge in [-0.15, -0.1) is 0 Å². The fraction of sp³-hybridized carbons (Fsp3) is 0.320. The first-order chi connectivity index (χ1) is 15.8. The van der Waals surface area contributed by atoms with Gasteiger partial charge in [-0.3, -0.25) is 9.78 Å². The number of nitrogens with two attached hydrogens (primary N) is 1. The summed E-state index contributed by atoms with van der Waals surface area (Å²) in [6.07, 6.45) is 3.93. The lowest BCUT2D eigenvalue weighted by Gasteiger charge is -2.36. The second-order valence-electron chi connectivity index (χ2n) is 8.60. The molecule has 4 rings (SSSR count). The van der Waals surface area contributed by atoms with E-state index in [0.29, 0.717) is 12.0 Å². The molecule has 5 nitrogen and oxygen atoms in total. The molecule has 0 unspecified atom stereocenters. The minimum absolute atomic E-state index is 0.0120. The molecule has 0 aliphatic heterocycles. The van der Waals surface area contributed by atoms with Gasteiger partial charge in [0, 0.05) is 30.4 Å². The molecular formula is C25H24F3N3O2. The molecule has 3 aromatic rings. The van der Waals surface area contributed by atoms with Crippen molar-refractivity contribution in [2.24, 2.45) is 11.7 Å². The van der Waals surface area contributed by atoms with Crippen molar-refractivity contribution in [3.05, 3.63) is 83.1 Å². The number of aliphatic hydroxyl groups is 1. The number of aromatic nitrogens is 2. The minimum atomic E-state index is -1.23. The van der Waals surface area contributed by atoms with E-state index < -0.39 is 35.0 Å². The molecular weight excluding hydrogens is 431 g/mol. The zero-order valence-corrected chi connectivity index (χ0v) is 18.0. The van der Waals surface area contributed by atoms with Gasteiger partial charge in [0.05, 0.1) is 6.10 Å². The zero-order valence-electron chi connectivity index (χ0n) is 18.0. The van der Waals surface area contributed by atoms with Crippen LogP contribution in [0.5, 0.6) is 0 Å². The Morgan fingerprint density at radius 1 is 1.12 bits per heavy atom. The molecule has 1 saturated carbocycles. The van der Waals surface area contributed by atoms with Gasteiger partial charge in [0.25, 0.3) is 0 Å². The Hall–Kier alpha value is -3.10. The molecule has 4 atom stereocenters. The fourth-order valence-electron chi connectivity index (χ4n) is 4.55. The highest BCUT2D eigenvalue weighted by molar-refractivity contribution is 5.96. The van der Waals surface area contributed by atoms with E-state index in [4.69, 9.17) is 5.73 Å². The number of Topliss-reactive ketones (excluding diaryl/α,β-unsaturated/α-hetero) is 1. The van der Waals surface area contributed by atoms with E-state index in [9.17, 15) is 23.1 Å². The molecule has 1 aromatic carbocycles. The summed E-state index contributed by atoms with van der Waals surface area (Å²) >= 11 is 0. The summed E-state index contributed by atoms with van der Waals surface area (Å²) in [5.41, 5.74) is 6.88. The molecule has 1 fully saturated rings. The summed E-state index contributed by atoms with van der Waals surface area (Å²) in [7, 11) is 0. The zero-order chi connectivity index (χ0) is 23.7. The Kier molecular flexibility index (Phi) is 6.58. The first kappa shape index (κ1) is 23.1. The molecule has 0 saturated heterocycles. The predicted molar refractivity (Wildman–Crippen MR) is 117 cm³/mol. The van der Waals surface area contributed by atoms with Gasteiger partial charge in [-0.2, -0.15) is 0 Å². The molecule has 8 heteroatoms. The predicted octanol–water partition coefficient (Wildman–Crippen LogP) is 4.19. The first-order valence-electron chi connectivity index (χ1n) is 10.8. The number of ketones is 1. The molecule has 33 heavy (non-hydrogen) atoms. The Morgan fingerprint density at radius 2 is 1.91 bits per heavy atom. The van der Waals surface area contributed by atoms with Crippen molar-refractivity contribution in [3.8, 4) is 11.3 Å². The van der Waals surface area contributed by atoms with Crippen LogP contribution in [0, 0.1) is 23.4 Å². The molecule has 0 bridgehead atoms. The number of hydrogen-bond acceptors (Lipinski definition) is 5. The third-order valence-electron chi connectivity index (χ3n) is 6.31. The van der Waals surface area contributed by atoms with Gasteiger partial charge in [0.1, 0.15) is 17.2 Å². The Morgan fingerprint density at radius 3 is 2.67 bits per heavy atom. The number of rotatable bonds is 5. The van der Waals surface area contributed by atoms with Crippen molar-refractivity contribution in [1.29, 1.82) is 0 Å². The lowest BCUT2D eigenvalue weighted by atomic mass is 9.74. The first-order valence-corrected chi connectivity index (χ1v) is 10.8. The monoisotopic (exact) mass is 455 g/mol. The summed E-state index contributed by atoms with van der Waals surface area (Å²) in [5.74, 6) is -3.55. The summed E-state index contributed by atoms with van der Waals surface area (Å²) in [4.78, 5) is 21.2. The highest BCUT2D eigenvalue weighted by Gasteiger charge is 2.34. The van der Waals surface area contributed by atoms with E-state index in [1.807, 2.05) is 13.0 Å². The maximum atomic E-state index is 14.4. The van der Waals surface area contributed by atoms with Crippen LogP contribution in [0.25, 0.3) is 11.3 Å². The van der Waals surface area contributed by atoms with Crippen molar-refractivity contribution in [2.45, 2.75) is 44.2 Å². The highest BCUT2D eigenvalue weighted by Crippen LogP contribution is 2.37. The van der Waals surface area contributed by atoms with E-state index in [-0.39, 0.29) is 35.6 Å². The van der Waals surface area contributed by atoms with E-state index in [1.165, 1.54) is 18.2 Å². The number of nitrogens with zero attached hydrogens (tertiary/aromatic N) is 2. The maximum Gasteiger partial charge on any atom is 0.185 e. The number of aliphatic hydroxyl groups excluding tert-OH is 1. The van der Waals surface area contributed by atoms with Gasteiger partial charge in [0.2, 0.25) is 0 Å². The number of carbonyl (C=O) groups excluding carboxylic acids is 1. The number of benzene rings is 1. The van der Waals surface area contributed by atoms with Crippen molar-refractivity contribution < 1.29 is 23.1 Å². The van der Waals surface area contributed by atoms with Gasteiger partial charge in [-0.05, 0) is 66.1 Å². The molecule has 3 N–H and O–H groups in total. The van der Waals surface area contributed by atoms with Gasteiger partial charge < -0.3 is 10.8 Å². The smallest absolute Gasteiger partial charge is 0.185 e. The topological polar surface area (TPSA) is 89.1 Å². The molecule has 1 aliphatic carbocycles. The number of pyridine rings is 2. The Bertz CT molecular complexity index is 1180. The second kappa shape index (κ2) is 9.41. The van der Waals surface area contributed by atoms with Crippen LogP contribution in [-0.4, -0.2) is 33.0 Å². The second-order valence-corrected chi connectivity index (χ2v) is 8.60. The van der Waals surface area contributed by atoms with Crippen LogP contribution in [0.1, 0.15) is 47.3 Å². The van der Waals surface area contributed by atoms with Crippen molar-refractivity contribution >= 4 is 5.78 Å². The average molecular weight is 455 g/mol. The molecule has 172 valence electrons. The van der Waals surface area contributed by atoms with Crippen LogP contribution >= 0.6 is 0 Å². The Labute approximate surface area is 189 Å². The summed E-state index contributed by atoms with van der Waals surface area (Å²) in [6.45, 7) is 1.94. The van der Waals surface area contributed by atoms with Crippen molar-refractivity contribution in [2.75, 3.05) is 0 Å². The van der Waals surface area contributed by atoms with Gasteiger partial charge >= 0.3 is 0 Å². The summed E-state index contributed by atoms with van der Waals surface area (Å²) < 4.78 is 42.2. The van der Waals surface area contributed by atoms with Crippen LogP contribution in [0.15, 0.2) is 48.8 Å². The molecule has 2 heterocycles. The standard InChI is InChI=1S/C25H24F3N3O2/c1-13-9-14(10-20(29)25(13)33)16-7-8-30-12-15(16)11-22(32)21-6-5-19(27)24(31-21)17-3-2-4-18(26)23(17)28/h2-8,12-14,20,25,33H,9-11,29H2,1H3/t13-,14+,20+,25+/m0/s1. The minimum Gasteiger partial charge on any atom is -0.391 e. The van der Waals surface area contributed by atoms with Crippen LogP contribution in [0.4, 0.5) is 13.2 Å². The third kappa shape index (κ3) is 4.67. The molecule has 0 radical (unpaired) electrons. The number of carbonyl (C=O) groups is 1. The fourth-order valence-corrected chi connectivity index (χ4v) is 4.55. The van der Waals surface area contributed by atoms with E-state index in [2.05, 4.69) is 9.97 Å². The van der Waals surface area contributed by atoms with Crippen LogP contribution in [0.2, 0.25) is 0 Å². The quantitative estimate of drug-likeness (QED) is 0.564. The van der Waals surface area contributed by atoms with Crippen LogP contribution in [-0.2, 0) is 6.42 Å². The lowest BCUT2D eigenvalue weighted by molar-refractivity contribution is 0.0519. The van der Waals surface area contributed by atoms with Crippen molar-refractivity contribution in [3.63, 3.8) is 0 Å². The maximum absolute atomic E-state index is 14.4. The lowest BCUT2D eigenvalue weighted by Crippen LogP contribution is -2.44. The summed E-state index contributed by atoms with van der Waals surface area (Å²) in [5, 5.41) is 10.2. The van der Waals surface area contributed by atoms with Crippen LogP contribution < -0.4 is 5.73 Å². The number of halogens is 3.